The number of benzene rings is 1. The molecule has 1 heterocycles. The van der Waals surface area contributed by atoms with Gasteiger partial charge in [-0.3, -0.25) is 0 Å². The molecule has 0 aliphatic heterocycles. The topological polar surface area (TPSA) is 25.2 Å². The quantitative estimate of drug-likeness (QED) is 0.894. The van der Waals surface area contributed by atoms with Crippen molar-refractivity contribution in [3.63, 3.8) is 0 Å². The Bertz CT molecular complexity index is 570. The van der Waals surface area contributed by atoms with E-state index in [0.29, 0.717) is 6.04 Å². The number of furan rings is 1. The summed E-state index contributed by atoms with van der Waals surface area (Å²) in [6, 6.07) is 9.27. The first-order chi connectivity index (χ1) is 9.24. The van der Waals surface area contributed by atoms with Crippen LogP contribution in [0.15, 0.2) is 34.9 Å². The molecule has 1 N–H and O–H groups in total. The number of hydrogen-bond acceptors (Lipinski definition) is 2. The van der Waals surface area contributed by atoms with Gasteiger partial charge in [-0.15, -0.1) is 0 Å². The molecule has 1 aromatic heterocycles. The molecule has 19 heavy (non-hydrogen) atoms. The zero-order valence-electron chi connectivity index (χ0n) is 11.7. The van der Waals surface area contributed by atoms with Crippen molar-refractivity contribution in [3.8, 4) is 0 Å². The summed E-state index contributed by atoms with van der Waals surface area (Å²) in [5.74, 6) is 1.17. The molecule has 3 rings (SSSR count). The lowest BCUT2D eigenvalue weighted by atomic mass is 9.93. The second kappa shape index (κ2) is 5.22. The monoisotopic (exact) mass is 255 g/mol. The van der Waals surface area contributed by atoms with E-state index in [0.717, 1.165) is 13.0 Å². The van der Waals surface area contributed by atoms with Gasteiger partial charge in [0, 0.05) is 24.6 Å². The van der Waals surface area contributed by atoms with E-state index in [2.05, 4.69) is 43.4 Å². The minimum absolute atomic E-state index is 0.448. The van der Waals surface area contributed by atoms with E-state index < -0.39 is 0 Å². The molecule has 0 radical (unpaired) electrons. The normalized spacial score (nSPS) is 18.3. The van der Waals surface area contributed by atoms with E-state index in [9.17, 15) is 0 Å². The van der Waals surface area contributed by atoms with E-state index in [1.54, 1.807) is 0 Å². The van der Waals surface area contributed by atoms with Crippen molar-refractivity contribution < 1.29 is 4.42 Å². The summed E-state index contributed by atoms with van der Waals surface area (Å²) in [5.41, 5.74) is 5.44. The molecule has 1 atom stereocenters. The molecule has 0 fully saturated rings. The lowest BCUT2D eigenvalue weighted by Gasteiger charge is -2.23. The van der Waals surface area contributed by atoms with Crippen molar-refractivity contribution in [2.75, 3.05) is 0 Å². The number of aryl methyl sites for hydroxylation is 3. The molecular formula is C17H21NO. The van der Waals surface area contributed by atoms with Crippen molar-refractivity contribution in [2.24, 2.45) is 0 Å². The molecule has 0 unspecified atom stereocenters. The summed E-state index contributed by atoms with van der Waals surface area (Å²) < 4.78 is 5.53. The van der Waals surface area contributed by atoms with Gasteiger partial charge in [0.25, 0.3) is 0 Å². The maximum atomic E-state index is 5.53. The zero-order chi connectivity index (χ0) is 13.2. The molecule has 2 aromatic rings. The molecule has 0 saturated heterocycles. The number of fused-ring (bicyclic) bond motifs is 1. The lowest BCUT2D eigenvalue weighted by Crippen LogP contribution is -2.24. The fourth-order valence-corrected chi connectivity index (χ4v) is 2.85. The molecule has 1 aliphatic carbocycles. The Morgan fingerprint density at radius 1 is 1.21 bits per heavy atom. The number of nitrogens with one attached hydrogen (secondary N) is 1. The van der Waals surface area contributed by atoms with Crippen LogP contribution in [0.5, 0.6) is 0 Å². The zero-order valence-corrected chi connectivity index (χ0v) is 11.7. The first-order valence-electron chi connectivity index (χ1n) is 7.10. The number of rotatable bonds is 3. The van der Waals surface area contributed by atoms with E-state index in [4.69, 9.17) is 4.42 Å². The standard InChI is InChI=1S/C17H21NO/c1-12-6-7-14(10-13(12)2)11-18-16-4-3-5-17-15(16)8-9-19-17/h6-10,16,18H,3-5,11H2,1-2H3/t16-/m1/s1. The largest absolute Gasteiger partial charge is 0.469 e. The van der Waals surface area contributed by atoms with Gasteiger partial charge in [-0.2, -0.15) is 0 Å². The maximum absolute atomic E-state index is 5.53. The average molecular weight is 255 g/mol. The lowest BCUT2D eigenvalue weighted by molar-refractivity contribution is 0.411. The maximum Gasteiger partial charge on any atom is 0.108 e. The van der Waals surface area contributed by atoms with Gasteiger partial charge in [-0.25, -0.2) is 0 Å². The Kier molecular flexibility index (Phi) is 3.43. The van der Waals surface area contributed by atoms with Gasteiger partial charge in [-0.1, -0.05) is 18.2 Å². The highest BCUT2D eigenvalue weighted by Crippen LogP contribution is 2.30. The fourth-order valence-electron chi connectivity index (χ4n) is 2.85. The van der Waals surface area contributed by atoms with E-state index in [1.165, 1.54) is 40.9 Å². The van der Waals surface area contributed by atoms with E-state index >= 15 is 0 Å². The second-order valence-corrected chi connectivity index (χ2v) is 5.54. The van der Waals surface area contributed by atoms with Gasteiger partial charge in [0.2, 0.25) is 0 Å². The van der Waals surface area contributed by atoms with Gasteiger partial charge >= 0.3 is 0 Å². The molecule has 1 aromatic carbocycles. The molecule has 0 bridgehead atoms. The Balaban J connectivity index is 1.69. The third-order valence-corrected chi connectivity index (χ3v) is 4.18. The summed E-state index contributed by atoms with van der Waals surface area (Å²) >= 11 is 0. The summed E-state index contributed by atoms with van der Waals surface area (Å²) in [6.07, 6.45) is 5.33. The molecule has 1 aliphatic rings. The predicted molar refractivity (Wildman–Crippen MR) is 77.1 cm³/mol. The highest BCUT2D eigenvalue weighted by Gasteiger charge is 2.21. The first-order valence-corrected chi connectivity index (χ1v) is 7.10. The van der Waals surface area contributed by atoms with Crippen molar-refractivity contribution in [3.05, 3.63) is 58.5 Å². The third-order valence-electron chi connectivity index (χ3n) is 4.18. The van der Waals surface area contributed by atoms with Gasteiger partial charge in [0.15, 0.2) is 0 Å². The van der Waals surface area contributed by atoms with Gasteiger partial charge in [0.05, 0.1) is 6.26 Å². The molecular weight excluding hydrogens is 234 g/mol. The van der Waals surface area contributed by atoms with Crippen molar-refractivity contribution in [1.29, 1.82) is 0 Å². The summed E-state index contributed by atoms with van der Waals surface area (Å²) in [4.78, 5) is 0. The highest BCUT2D eigenvalue weighted by molar-refractivity contribution is 5.30. The van der Waals surface area contributed by atoms with Crippen LogP contribution in [0.4, 0.5) is 0 Å². The van der Waals surface area contributed by atoms with Crippen LogP contribution < -0.4 is 5.32 Å². The van der Waals surface area contributed by atoms with Crippen LogP contribution >= 0.6 is 0 Å². The molecule has 0 amide bonds. The van der Waals surface area contributed by atoms with Crippen LogP contribution in [-0.4, -0.2) is 0 Å². The van der Waals surface area contributed by atoms with Crippen LogP contribution in [0.3, 0.4) is 0 Å². The van der Waals surface area contributed by atoms with E-state index in [1.807, 2.05) is 6.26 Å². The predicted octanol–water partition coefficient (Wildman–Crippen LogP) is 4.06. The SMILES string of the molecule is Cc1ccc(CN[C@@H]2CCCc3occc32)cc1C. The second-order valence-electron chi connectivity index (χ2n) is 5.54. The van der Waals surface area contributed by atoms with Gasteiger partial charge < -0.3 is 9.73 Å². The Hall–Kier alpha value is -1.54. The van der Waals surface area contributed by atoms with Gasteiger partial charge in [-0.05, 0) is 49.4 Å². The molecule has 0 spiro atoms. The van der Waals surface area contributed by atoms with Crippen LogP contribution in [0.2, 0.25) is 0 Å². The average Bonchev–Trinajstić information content (AvgIpc) is 2.89. The minimum atomic E-state index is 0.448. The molecule has 2 nitrogen and oxygen atoms in total. The highest BCUT2D eigenvalue weighted by atomic mass is 16.3. The summed E-state index contributed by atoms with van der Waals surface area (Å²) in [5, 5.41) is 3.67. The Morgan fingerprint density at radius 3 is 2.95 bits per heavy atom. The van der Waals surface area contributed by atoms with Crippen LogP contribution in [0.25, 0.3) is 0 Å². The Morgan fingerprint density at radius 2 is 2.11 bits per heavy atom. The van der Waals surface area contributed by atoms with Crippen molar-refractivity contribution in [2.45, 2.75) is 45.7 Å². The molecule has 0 saturated carbocycles. The number of hydrogen-bond donors (Lipinski definition) is 1. The molecule has 100 valence electrons. The Labute approximate surface area is 114 Å². The summed E-state index contributed by atoms with van der Waals surface area (Å²) in [6.45, 7) is 5.26. The van der Waals surface area contributed by atoms with Crippen LogP contribution in [0, 0.1) is 13.8 Å². The van der Waals surface area contributed by atoms with Gasteiger partial charge in [0.1, 0.15) is 5.76 Å². The smallest absolute Gasteiger partial charge is 0.108 e. The van der Waals surface area contributed by atoms with Crippen LogP contribution in [0.1, 0.15) is 46.9 Å². The summed E-state index contributed by atoms with van der Waals surface area (Å²) in [7, 11) is 0. The van der Waals surface area contributed by atoms with Crippen LogP contribution in [-0.2, 0) is 13.0 Å². The fraction of sp³-hybridized carbons (Fsp3) is 0.412. The third kappa shape index (κ3) is 2.59. The van der Waals surface area contributed by atoms with Crippen molar-refractivity contribution in [1.82, 2.24) is 5.32 Å². The molecule has 2 heteroatoms. The minimum Gasteiger partial charge on any atom is -0.469 e. The van der Waals surface area contributed by atoms with Crippen molar-refractivity contribution >= 4 is 0 Å². The first kappa shape index (κ1) is 12.5. The van der Waals surface area contributed by atoms with E-state index in [-0.39, 0.29) is 0 Å².